The standard InChI is InChI=1S/C33H35F3N2O4/c1-31(2,3)42-30(39)38-14-12-32(13-15-38,27-6-5-7-29(19-27)40-4)22-41-21-24-16-26(18-28(17-24)33(34,35)36)25-10-8-23(20-37)9-11-25/h5-11,16-19H,12-15,21-22H2,1-4H3. The van der Waals surface area contributed by atoms with Crippen molar-refractivity contribution in [3.8, 4) is 22.9 Å². The fourth-order valence-corrected chi connectivity index (χ4v) is 5.12. The van der Waals surface area contributed by atoms with Crippen molar-refractivity contribution >= 4 is 6.09 Å². The molecule has 1 saturated heterocycles. The van der Waals surface area contributed by atoms with Gasteiger partial charge in [0, 0.05) is 18.5 Å². The number of carbonyl (C=O) groups excluding carboxylic acids is 1. The van der Waals surface area contributed by atoms with Crippen LogP contribution in [0.4, 0.5) is 18.0 Å². The first kappa shape index (κ1) is 30.9. The number of benzene rings is 3. The van der Waals surface area contributed by atoms with E-state index in [0.717, 1.165) is 17.7 Å². The van der Waals surface area contributed by atoms with Crippen LogP contribution in [0.5, 0.6) is 5.75 Å². The second-order valence-electron chi connectivity index (χ2n) is 11.6. The van der Waals surface area contributed by atoms with Crippen molar-refractivity contribution < 1.29 is 32.2 Å². The van der Waals surface area contributed by atoms with Gasteiger partial charge >= 0.3 is 12.3 Å². The number of carbonyl (C=O) groups is 1. The molecular weight excluding hydrogens is 545 g/mol. The molecular formula is C33H35F3N2O4. The van der Waals surface area contributed by atoms with Gasteiger partial charge in [-0.25, -0.2) is 4.79 Å². The lowest BCUT2D eigenvalue weighted by molar-refractivity contribution is -0.137. The Balaban J connectivity index is 1.57. The van der Waals surface area contributed by atoms with E-state index in [9.17, 15) is 18.0 Å². The van der Waals surface area contributed by atoms with E-state index in [1.165, 1.54) is 0 Å². The lowest BCUT2D eigenvalue weighted by atomic mass is 9.73. The molecule has 0 unspecified atom stereocenters. The molecule has 0 bridgehead atoms. The predicted molar refractivity (Wildman–Crippen MR) is 153 cm³/mol. The van der Waals surface area contributed by atoms with Crippen LogP contribution in [0.2, 0.25) is 0 Å². The van der Waals surface area contributed by atoms with Crippen molar-refractivity contribution in [1.29, 1.82) is 5.26 Å². The molecule has 0 atom stereocenters. The normalized spacial score (nSPS) is 15.1. The van der Waals surface area contributed by atoms with Gasteiger partial charge < -0.3 is 19.1 Å². The molecule has 4 rings (SSSR count). The third-order valence-corrected chi connectivity index (χ3v) is 7.37. The average molecular weight is 581 g/mol. The molecule has 0 aromatic heterocycles. The molecule has 0 aliphatic carbocycles. The summed E-state index contributed by atoms with van der Waals surface area (Å²) < 4.78 is 58.6. The monoisotopic (exact) mass is 580 g/mol. The van der Waals surface area contributed by atoms with Gasteiger partial charge in [-0.15, -0.1) is 0 Å². The van der Waals surface area contributed by atoms with E-state index < -0.39 is 22.8 Å². The first-order valence-corrected chi connectivity index (χ1v) is 13.7. The number of methoxy groups -OCH3 is 1. The number of likely N-dealkylation sites (tertiary alicyclic amines) is 1. The number of halogens is 3. The van der Waals surface area contributed by atoms with Crippen molar-refractivity contribution in [3.05, 3.63) is 89.0 Å². The number of piperidine rings is 1. The van der Waals surface area contributed by atoms with Gasteiger partial charge in [0.2, 0.25) is 0 Å². The van der Waals surface area contributed by atoms with E-state index in [1.807, 2.05) is 51.1 Å². The summed E-state index contributed by atoms with van der Waals surface area (Å²) in [5, 5.41) is 9.07. The molecule has 1 heterocycles. The molecule has 42 heavy (non-hydrogen) atoms. The Morgan fingerprint density at radius 3 is 2.26 bits per heavy atom. The lowest BCUT2D eigenvalue weighted by Gasteiger charge is -2.42. The molecule has 3 aromatic rings. The fourth-order valence-electron chi connectivity index (χ4n) is 5.12. The Morgan fingerprint density at radius 2 is 1.67 bits per heavy atom. The van der Waals surface area contributed by atoms with Crippen molar-refractivity contribution in [2.24, 2.45) is 0 Å². The van der Waals surface area contributed by atoms with Crippen LogP contribution in [0, 0.1) is 11.3 Å². The average Bonchev–Trinajstić information content (AvgIpc) is 2.96. The molecule has 1 amide bonds. The van der Waals surface area contributed by atoms with Crippen LogP contribution in [-0.4, -0.2) is 43.4 Å². The van der Waals surface area contributed by atoms with Crippen LogP contribution < -0.4 is 4.74 Å². The van der Waals surface area contributed by atoms with Gasteiger partial charge in [0.15, 0.2) is 0 Å². The van der Waals surface area contributed by atoms with Gasteiger partial charge in [-0.2, -0.15) is 18.4 Å². The third kappa shape index (κ3) is 7.62. The molecule has 0 radical (unpaired) electrons. The van der Waals surface area contributed by atoms with Crippen LogP contribution in [0.25, 0.3) is 11.1 Å². The molecule has 1 fully saturated rings. The molecule has 0 N–H and O–H groups in total. The van der Waals surface area contributed by atoms with Gasteiger partial charge in [0.1, 0.15) is 11.4 Å². The minimum atomic E-state index is -4.53. The number of ether oxygens (including phenoxy) is 3. The smallest absolute Gasteiger partial charge is 0.416 e. The van der Waals surface area contributed by atoms with Crippen molar-refractivity contribution in [1.82, 2.24) is 4.90 Å². The summed E-state index contributed by atoms with van der Waals surface area (Å²) in [4.78, 5) is 14.4. The minimum absolute atomic E-state index is 0.0330. The van der Waals surface area contributed by atoms with Crippen LogP contribution in [-0.2, 0) is 27.7 Å². The molecule has 222 valence electrons. The first-order chi connectivity index (χ1) is 19.8. The van der Waals surface area contributed by atoms with Gasteiger partial charge in [0.05, 0.1) is 37.5 Å². The maximum Gasteiger partial charge on any atom is 0.416 e. The molecule has 1 aliphatic heterocycles. The summed E-state index contributed by atoms with van der Waals surface area (Å²) in [5.41, 5.74) is 0.897. The number of rotatable bonds is 7. The van der Waals surface area contributed by atoms with E-state index in [1.54, 1.807) is 42.3 Å². The second-order valence-corrected chi connectivity index (χ2v) is 11.6. The highest BCUT2D eigenvalue weighted by Crippen LogP contribution is 2.39. The van der Waals surface area contributed by atoms with Crippen LogP contribution in [0.15, 0.2) is 66.7 Å². The summed E-state index contributed by atoms with van der Waals surface area (Å²) in [6, 6.07) is 20.0. The summed E-state index contributed by atoms with van der Waals surface area (Å²) in [7, 11) is 1.59. The largest absolute Gasteiger partial charge is 0.497 e. The fraction of sp³-hybridized carbons (Fsp3) is 0.394. The third-order valence-electron chi connectivity index (χ3n) is 7.37. The maximum atomic E-state index is 13.8. The van der Waals surface area contributed by atoms with Crippen molar-refractivity contribution in [2.75, 3.05) is 26.8 Å². The Labute approximate surface area is 244 Å². The Bertz CT molecular complexity index is 1430. The van der Waals surface area contributed by atoms with Gasteiger partial charge in [-0.1, -0.05) is 24.3 Å². The molecule has 3 aromatic carbocycles. The lowest BCUT2D eigenvalue weighted by Crippen LogP contribution is -2.48. The zero-order valence-corrected chi connectivity index (χ0v) is 24.3. The zero-order valence-electron chi connectivity index (χ0n) is 24.3. The molecule has 6 nitrogen and oxygen atoms in total. The topological polar surface area (TPSA) is 71.8 Å². The van der Waals surface area contributed by atoms with Gasteiger partial charge in [0.25, 0.3) is 0 Å². The van der Waals surface area contributed by atoms with E-state index in [2.05, 4.69) is 0 Å². The number of hydrogen-bond acceptors (Lipinski definition) is 5. The summed E-state index contributed by atoms with van der Waals surface area (Å²) in [6.07, 6.45) is -3.74. The van der Waals surface area contributed by atoms with Crippen molar-refractivity contribution in [2.45, 2.75) is 57.4 Å². The number of nitrogens with zero attached hydrogens (tertiary/aromatic N) is 2. The van der Waals surface area contributed by atoms with Crippen LogP contribution in [0.1, 0.15) is 55.9 Å². The number of amides is 1. The van der Waals surface area contributed by atoms with E-state index >= 15 is 0 Å². The van der Waals surface area contributed by atoms with Crippen LogP contribution in [0.3, 0.4) is 0 Å². The highest BCUT2D eigenvalue weighted by atomic mass is 19.4. The summed E-state index contributed by atoms with van der Waals surface area (Å²) >= 11 is 0. The van der Waals surface area contributed by atoms with Gasteiger partial charge in [-0.05, 0) is 98.3 Å². The first-order valence-electron chi connectivity index (χ1n) is 13.7. The van der Waals surface area contributed by atoms with Gasteiger partial charge in [-0.3, -0.25) is 0 Å². The predicted octanol–water partition coefficient (Wildman–Crippen LogP) is 7.74. The molecule has 0 saturated carbocycles. The Kier molecular flexibility index (Phi) is 9.17. The Hall–Kier alpha value is -4.03. The molecule has 9 heteroatoms. The zero-order chi connectivity index (χ0) is 30.5. The minimum Gasteiger partial charge on any atom is -0.497 e. The Morgan fingerprint density at radius 1 is 0.976 bits per heavy atom. The van der Waals surface area contributed by atoms with E-state index in [-0.39, 0.29) is 19.3 Å². The number of nitriles is 1. The van der Waals surface area contributed by atoms with Crippen LogP contribution >= 0.6 is 0 Å². The summed E-state index contributed by atoms with van der Waals surface area (Å²) in [5.74, 6) is 0.686. The maximum absolute atomic E-state index is 13.8. The van der Waals surface area contributed by atoms with E-state index in [0.29, 0.717) is 53.9 Å². The summed E-state index contributed by atoms with van der Waals surface area (Å²) in [6.45, 7) is 6.57. The quantitative estimate of drug-likeness (QED) is 0.286. The van der Waals surface area contributed by atoms with Crippen molar-refractivity contribution in [3.63, 3.8) is 0 Å². The molecule has 1 aliphatic rings. The SMILES string of the molecule is COc1cccc(C2(COCc3cc(-c4ccc(C#N)cc4)cc(C(F)(F)F)c3)CCN(C(=O)OC(C)(C)C)CC2)c1. The highest BCUT2D eigenvalue weighted by molar-refractivity contribution is 5.68. The number of hydrogen-bond donors (Lipinski definition) is 0. The highest BCUT2D eigenvalue weighted by Gasteiger charge is 2.39. The molecule has 0 spiro atoms. The van der Waals surface area contributed by atoms with E-state index in [4.69, 9.17) is 19.5 Å². The second kappa shape index (κ2) is 12.5. The number of alkyl halides is 3.